The van der Waals surface area contributed by atoms with Crippen molar-refractivity contribution < 1.29 is 8.78 Å². The maximum atomic E-state index is 15.1. The summed E-state index contributed by atoms with van der Waals surface area (Å²) in [6.07, 6.45) is 13.7. The minimum atomic E-state index is -0.428. The molecule has 4 atom stereocenters. The molecule has 2 aliphatic rings. The van der Waals surface area contributed by atoms with E-state index >= 15 is 8.78 Å². The van der Waals surface area contributed by atoms with E-state index in [1.165, 1.54) is 38.5 Å². The monoisotopic (exact) mass is 422 g/mol. The van der Waals surface area contributed by atoms with Crippen LogP contribution in [0.4, 0.5) is 8.78 Å². The molecule has 2 aromatic rings. The van der Waals surface area contributed by atoms with Crippen molar-refractivity contribution in [3.8, 4) is 11.1 Å². The summed E-state index contributed by atoms with van der Waals surface area (Å²) in [5.74, 6) is 1.91. The zero-order valence-electron chi connectivity index (χ0n) is 18.9. The molecule has 0 radical (unpaired) electrons. The molecule has 0 aromatic heterocycles. The summed E-state index contributed by atoms with van der Waals surface area (Å²) in [7, 11) is 0. The van der Waals surface area contributed by atoms with Crippen molar-refractivity contribution in [1.82, 2.24) is 0 Å². The molecule has 2 fully saturated rings. The molecule has 0 aliphatic heterocycles. The normalized spacial score (nSPS) is 25.8. The van der Waals surface area contributed by atoms with Gasteiger partial charge in [-0.05, 0) is 97.4 Å². The van der Waals surface area contributed by atoms with Crippen LogP contribution >= 0.6 is 0 Å². The van der Waals surface area contributed by atoms with Gasteiger partial charge in [0.15, 0.2) is 0 Å². The van der Waals surface area contributed by atoms with E-state index in [2.05, 4.69) is 13.5 Å². The van der Waals surface area contributed by atoms with Crippen LogP contribution in [-0.4, -0.2) is 0 Å². The Kier molecular flexibility index (Phi) is 7.25. The summed E-state index contributed by atoms with van der Waals surface area (Å²) in [5.41, 5.74) is 2.73. The predicted octanol–water partition coefficient (Wildman–Crippen LogP) is 8.85. The Bertz CT molecular complexity index is 859. The van der Waals surface area contributed by atoms with Crippen LogP contribution in [0.3, 0.4) is 0 Å². The highest BCUT2D eigenvalue weighted by Crippen LogP contribution is 2.48. The van der Waals surface area contributed by atoms with Crippen LogP contribution in [0.1, 0.15) is 81.8 Å². The topological polar surface area (TPSA) is 0 Å². The molecule has 31 heavy (non-hydrogen) atoms. The lowest BCUT2D eigenvalue weighted by Gasteiger charge is -2.42. The number of halogens is 2. The van der Waals surface area contributed by atoms with E-state index < -0.39 is 11.6 Å². The Morgan fingerprint density at radius 3 is 2.29 bits per heavy atom. The van der Waals surface area contributed by atoms with Gasteiger partial charge in [0.1, 0.15) is 11.6 Å². The molecule has 2 heteroatoms. The zero-order chi connectivity index (χ0) is 21.8. The SMILES string of the molecule is C=CCCc1ccc(-c2c(F)cc([C@@H]3CC[C@@H]4CC(CCC)CC[C@@H]4C3)cc2F)cc1. The number of allylic oxidation sites excluding steroid dienone is 1. The molecule has 0 bridgehead atoms. The van der Waals surface area contributed by atoms with E-state index in [1.807, 2.05) is 30.3 Å². The number of benzene rings is 2. The van der Waals surface area contributed by atoms with Crippen LogP contribution in [0.15, 0.2) is 49.1 Å². The van der Waals surface area contributed by atoms with Gasteiger partial charge in [0.25, 0.3) is 0 Å². The van der Waals surface area contributed by atoms with Crippen LogP contribution in [0.25, 0.3) is 11.1 Å². The fourth-order valence-corrected chi connectivity index (χ4v) is 6.17. The van der Waals surface area contributed by atoms with Crippen molar-refractivity contribution in [1.29, 1.82) is 0 Å². The summed E-state index contributed by atoms with van der Waals surface area (Å²) in [6.45, 7) is 6.03. The molecule has 0 heterocycles. The number of hydrogen-bond donors (Lipinski definition) is 0. The van der Waals surface area contributed by atoms with Crippen molar-refractivity contribution in [3.63, 3.8) is 0 Å². The first-order valence-electron chi connectivity index (χ1n) is 12.3. The standard InChI is InChI=1S/C29H36F2/c1-3-5-7-20-8-11-22(12-9-20)29-27(30)18-26(19-28(29)31)25-15-14-23-16-21(6-4-2)10-13-24(23)17-25/h3,8-9,11-12,18-19,21,23-25H,1,4-7,10,13-17H2,2H3/t21?,23-,24-,25-/m1/s1. The third kappa shape index (κ3) is 5.10. The van der Waals surface area contributed by atoms with Gasteiger partial charge in [0.2, 0.25) is 0 Å². The first kappa shape index (κ1) is 22.2. The van der Waals surface area contributed by atoms with E-state index in [1.54, 1.807) is 12.1 Å². The van der Waals surface area contributed by atoms with Crippen LogP contribution < -0.4 is 0 Å². The van der Waals surface area contributed by atoms with Crippen molar-refractivity contribution in [3.05, 3.63) is 71.8 Å². The Morgan fingerprint density at radius 2 is 1.61 bits per heavy atom. The summed E-state index contributed by atoms with van der Waals surface area (Å²) in [4.78, 5) is 0. The molecule has 166 valence electrons. The van der Waals surface area contributed by atoms with Crippen molar-refractivity contribution in [2.75, 3.05) is 0 Å². The minimum absolute atomic E-state index is 0.104. The van der Waals surface area contributed by atoms with Crippen LogP contribution in [0.2, 0.25) is 0 Å². The molecular formula is C29H36F2. The second-order valence-corrected chi connectivity index (χ2v) is 9.88. The summed E-state index contributed by atoms with van der Waals surface area (Å²) >= 11 is 0. The number of fused-ring (bicyclic) bond motifs is 1. The third-order valence-corrected chi connectivity index (χ3v) is 7.83. The van der Waals surface area contributed by atoms with Crippen LogP contribution in [0.5, 0.6) is 0 Å². The summed E-state index contributed by atoms with van der Waals surface area (Å²) < 4.78 is 30.1. The quantitative estimate of drug-likeness (QED) is 0.391. The second-order valence-electron chi connectivity index (χ2n) is 9.88. The Labute approximate surface area is 186 Å². The Balaban J connectivity index is 1.47. The van der Waals surface area contributed by atoms with Crippen molar-refractivity contribution >= 4 is 0 Å². The zero-order valence-corrected chi connectivity index (χ0v) is 18.9. The smallest absolute Gasteiger partial charge is 0.134 e. The molecule has 2 saturated carbocycles. The predicted molar refractivity (Wildman–Crippen MR) is 126 cm³/mol. The van der Waals surface area contributed by atoms with Crippen LogP contribution in [-0.2, 0) is 6.42 Å². The minimum Gasteiger partial charge on any atom is -0.206 e. The molecule has 4 rings (SSSR count). The lowest BCUT2D eigenvalue weighted by Crippen LogP contribution is -2.30. The molecular weight excluding hydrogens is 386 g/mol. The highest BCUT2D eigenvalue weighted by Gasteiger charge is 2.36. The van der Waals surface area contributed by atoms with Gasteiger partial charge < -0.3 is 0 Å². The van der Waals surface area contributed by atoms with Gasteiger partial charge in [-0.3, -0.25) is 0 Å². The highest BCUT2D eigenvalue weighted by molar-refractivity contribution is 5.65. The molecule has 0 saturated heterocycles. The molecule has 0 spiro atoms. The maximum Gasteiger partial charge on any atom is 0.134 e. The molecule has 2 aliphatic carbocycles. The molecule has 0 nitrogen and oxygen atoms in total. The molecule has 0 amide bonds. The summed E-state index contributed by atoms with van der Waals surface area (Å²) in [6, 6.07) is 10.8. The second kappa shape index (κ2) is 10.1. The van der Waals surface area contributed by atoms with Gasteiger partial charge in [-0.15, -0.1) is 6.58 Å². The fraction of sp³-hybridized carbons (Fsp3) is 0.517. The van der Waals surface area contributed by atoms with E-state index in [0.717, 1.165) is 54.6 Å². The first-order valence-corrected chi connectivity index (χ1v) is 12.3. The van der Waals surface area contributed by atoms with E-state index in [9.17, 15) is 0 Å². The van der Waals surface area contributed by atoms with Gasteiger partial charge in [-0.25, -0.2) is 8.78 Å². The molecule has 1 unspecified atom stereocenters. The Morgan fingerprint density at radius 1 is 0.935 bits per heavy atom. The lowest BCUT2D eigenvalue weighted by molar-refractivity contribution is 0.114. The van der Waals surface area contributed by atoms with Gasteiger partial charge in [0, 0.05) is 0 Å². The van der Waals surface area contributed by atoms with Crippen molar-refractivity contribution in [2.45, 2.75) is 77.0 Å². The molecule has 0 N–H and O–H groups in total. The average Bonchev–Trinajstić information content (AvgIpc) is 2.78. The van der Waals surface area contributed by atoms with Crippen LogP contribution in [0, 0.1) is 29.4 Å². The highest BCUT2D eigenvalue weighted by atomic mass is 19.1. The average molecular weight is 423 g/mol. The van der Waals surface area contributed by atoms with Gasteiger partial charge in [-0.2, -0.15) is 0 Å². The fourth-order valence-electron chi connectivity index (χ4n) is 6.17. The van der Waals surface area contributed by atoms with Crippen molar-refractivity contribution in [2.24, 2.45) is 17.8 Å². The van der Waals surface area contributed by atoms with Gasteiger partial charge >= 0.3 is 0 Å². The van der Waals surface area contributed by atoms with E-state index in [-0.39, 0.29) is 5.56 Å². The third-order valence-electron chi connectivity index (χ3n) is 7.83. The van der Waals surface area contributed by atoms with Gasteiger partial charge in [-0.1, -0.05) is 56.5 Å². The summed E-state index contributed by atoms with van der Waals surface area (Å²) in [5, 5.41) is 0. The number of aryl methyl sites for hydroxylation is 1. The number of rotatable bonds is 7. The van der Waals surface area contributed by atoms with E-state index in [0.29, 0.717) is 11.5 Å². The number of hydrogen-bond acceptors (Lipinski definition) is 0. The largest absolute Gasteiger partial charge is 0.206 e. The van der Waals surface area contributed by atoms with Gasteiger partial charge in [0.05, 0.1) is 5.56 Å². The molecule has 2 aromatic carbocycles. The lowest BCUT2D eigenvalue weighted by atomic mass is 9.63. The van der Waals surface area contributed by atoms with E-state index in [4.69, 9.17) is 0 Å². The Hall–Kier alpha value is -1.96. The first-order chi connectivity index (χ1) is 15.1. The maximum absolute atomic E-state index is 15.1.